The normalized spacial score (nSPS) is 9.78. The van der Waals surface area contributed by atoms with Crippen LogP contribution in [-0.2, 0) is 25.0 Å². The second kappa shape index (κ2) is 16.7. The maximum absolute atomic E-state index is 10.8. The van der Waals surface area contributed by atoms with Crippen molar-refractivity contribution in [3.63, 3.8) is 0 Å². The van der Waals surface area contributed by atoms with Gasteiger partial charge in [0, 0.05) is 48.2 Å². The molecule has 0 saturated heterocycles. The van der Waals surface area contributed by atoms with Crippen molar-refractivity contribution in [1.82, 2.24) is 5.32 Å². The lowest BCUT2D eigenvalue weighted by molar-refractivity contribution is -0.385. The third kappa shape index (κ3) is 10.7. The van der Waals surface area contributed by atoms with Crippen LogP contribution in [0.25, 0.3) is 0 Å². The van der Waals surface area contributed by atoms with Gasteiger partial charge in [-0.05, 0) is 11.1 Å². The monoisotopic (exact) mass is 564 g/mol. The zero-order valence-electron chi connectivity index (χ0n) is 20.2. The molecule has 192 valence electrons. The molecule has 8 nitrogen and oxygen atoms in total. The van der Waals surface area contributed by atoms with E-state index in [1.165, 1.54) is 17.7 Å². The average Bonchev–Trinajstić information content (AvgIpc) is 2.95. The molecule has 9 heteroatoms. The number of nitrogens with two attached hydrogens (primary N) is 1. The van der Waals surface area contributed by atoms with Crippen molar-refractivity contribution < 1.29 is 9.85 Å². The maximum Gasteiger partial charge on any atom is 0.273 e. The van der Waals surface area contributed by atoms with Crippen LogP contribution in [0.15, 0.2) is 109 Å². The van der Waals surface area contributed by atoms with Gasteiger partial charge in [0.25, 0.3) is 11.4 Å². The molecule has 0 heterocycles. The fourth-order valence-electron chi connectivity index (χ4n) is 3.19. The third-order valence-electron chi connectivity index (χ3n) is 5.09. The van der Waals surface area contributed by atoms with Crippen molar-refractivity contribution in [1.29, 1.82) is 0 Å². The molecule has 0 amide bonds. The Morgan fingerprint density at radius 3 is 1.49 bits per heavy atom. The molecule has 0 atom stereocenters. The Morgan fingerprint density at radius 1 is 0.622 bits per heavy atom. The number of nitrogens with zero attached hydrogens (tertiary/aromatic N) is 2. The first-order valence-corrected chi connectivity index (χ1v) is 12.6. The highest BCUT2D eigenvalue weighted by molar-refractivity contribution is 9.08. The molecular formula is C28H29BrN4O4. The van der Waals surface area contributed by atoms with E-state index in [0.717, 1.165) is 5.56 Å². The first-order valence-electron chi connectivity index (χ1n) is 11.5. The fourth-order valence-corrected chi connectivity index (χ4v) is 3.67. The van der Waals surface area contributed by atoms with Gasteiger partial charge in [-0.1, -0.05) is 113 Å². The molecule has 0 bridgehead atoms. The number of hydrogen-bond donors (Lipinski definition) is 2. The van der Waals surface area contributed by atoms with E-state index >= 15 is 0 Å². The van der Waals surface area contributed by atoms with Crippen LogP contribution in [0.2, 0.25) is 0 Å². The van der Waals surface area contributed by atoms with E-state index in [1.807, 2.05) is 66.7 Å². The molecule has 0 radical (unpaired) electrons. The molecule has 0 aliphatic rings. The molecule has 4 aromatic rings. The topological polar surface area (TPSA) is 124 Å². The van der Waals surface area contributed by atoms with Crippen LogP contribution in [-0.4, -0.2) is 9.85 Å². The predicted octanol–water partition coefficient (Wildman–Crippen LogP) is 6.52. The molecule has 0 aliphatic carbocycles. The van der Waals surface area contributed by atoms with Gasteiger partial charge in [0.2, 0.25) is 0 Å². The number of nitro groups is 2. The minimum absolute atomic E-state index is 0.165. The molecule has 3 N–H and O–H groups in total. The molecule has 0 aliphatic heterocycles. The molecule has 37 heavy (non-hydrogen) atoms. The van der Waals surface area contributed by atoms with Gasteiger partial charge >= 0.3 is 0 Å². The second-order valence-electron chi connectivity index (χ2n) is 7.68. The molecule has 0 saturated carbocycles. The van der Waals surface area contributed by atoms with Gasteiger partial charge in [-0.15, -0.1) is 0 Å². The number of benzene rings is 4. The van der Waals surface area contributed by atoms with Crippen LogP contribution >= 0.6 is 15.9 Å². The third-order valence-corrected chi connectivity index (χ3v) is 5.69. The van der Waals surface area contributed by atoms with Crippen LogP contribution in [0, 0.1) is 20.2 Å². The lowest BCUT2D eigenvalue weighted by Gasteiger charge is -2.05. The van der Waals surface area contributed by atoms with E-state index in [9.17, 15) is 20.2 Å². The van der Waals surface area contributed by atoms with Crippen molar-refractivity contribution in [3.05, 3.63) is 152 Å². The summed E-state index contributed by atoms with van der Waals surface area (Å²) >= 11 is 3.17. The Hall–Kier alpha value is -3.92. The summed E-state index contributed by atoms with van der Waals surface area (Å²) in [6, 6.07) is 33.4. The summed E-state index contributed by atoms with van der Waals surface area (Å²) in [4.78, 5) is 20.5. The summed E-state index contributed by atoms with van der Waals surface area (Å²) in [6.07, 6.45) is 0. The Kier molecular flexibility index (Phi) is 13.2. The predicted molar refractivity (Wildman–Crippen MR) is 150 cm³/mol. The zero-order valence-corrected chi connectivity index (χ0v) is 21.8. The Bertz CT molecular complexity index is 1240. The number of alkyl halides is 1. The summed E-state index contributed by atoms with van der Waals surface area (Å²) in [6.45, 7) is 1.83. The Balaban J connectivity index is 0.000000215. The molecule has 0 fully saturated rings. The van der Waals surface area contributed by atoms with E-state index in [0.29, 0.717) is 36.1 Å². The molecule has 0 aromatic heterocycles. The lowest BCUT2D eigenvalue weighted by Crippen LogP contribution is -2.13. The summed E-state index contributed by atoms with van der Waals surface area (Å²) in [5.74, 6) is 0. The standard InChI is InChI=1S/C14H14N2O2.C7H6BrNO2.C7H9N/c17-16(18)14-9-5-4-8-13(14)11-15-10-12-6-2-1-3-7-12;8-5-6-3-1-2-4-7(6)9(10)11;8-6-7-4-2-1-3-5-7/h1-9,15H,10-11H2;1-4H,5H2;1-5H,6,8H2. The van der Waals surface area contributed by atoms with Crippen LogP contribution < -0.4 is 11.1 Å². The van der Waals surface area contributed by atoms with Crippen molar-refractivity contribution >= 4 is 27.3 Å². The largest absolute Gasteiger partial charge is 0.326 e. The van der Waals surface area contributed by atoms with Crippen LogP contribution in [0.4, 0.5) is 11.4 Å². The summed E-state index contributed by atoms with van der Waals surface area (Å²) < 4.78 is 0. The number of halogens is 1. The van der Waals surface area contributed by atoms with E-state index in [2.05, 4.69) is 21.2 Å². The highest BCUT2D eigenvalue weighted by atomic mass is 79.9. The number of hydrogen-bond acceptors (Lipinski definition) is 6. The van der Waals surface area contributed by atoms with Crippen molar-refractivity contribution in [2.45, 2.75) is 25.0 Å². The molecule has 4 aromatic carbocycles. The van der Waals surface area contributed by atoms with Gasteiger partial charge in [-0.2, -0.15) is 0 Å². The zero-order chi connectivity index (χ0) is 26.9. The second-order valence-corrected chi connectivity index (χ2v) is 8.24. The molecule has 0 spiro atoms. The Labute approximate surface area is 224 Å². The number of nitrogens with one attached hydrogen (secondary N) is 1. The quantitative estimate of drug-likeness (QED) is 0.142. The molecular weight excluding hydrogens is 536 g/mol. The first-order chi connectivity index (χ1) is 18.0. The minimum atomic E-state index is -0.378. The van der Waals surface area contributed by atoms with Gasteiger partial charge < -0.3 is 11.1 Å². The maximum atomic E-state index is 10.8. The summed E-state index contributed by atoms with van der Waals surface area (Å²) in [7, 11) is 0. The average molecular weight is 565 g/mol. The van der Waals surface area contributed by atoms with Crippen LogP contribution in [0.3, 0.4) is 0 Å². The highest BCUT2D eigenvalue weighted by Crippen LogP contribution is 2.19. The first kappa shape index (κ1) is 29.3. The van der Waals surface area contributed by atoms with Crippen LogP contribution in [0.1, 0.15) is 22.3 Å². The van der Waals surface area contributed by atoms with Crippen LogP contribution in [0.5, 0.6) is 0 Å². The Morgan fingerprint density at radius 2 is 1.05 bits per heavy atom. The van der Waals surface area contributed by atoms with E-state index in [1.54, 1.807) is 30.3 Å². The fraction of sp³-hybridized carbons (Fsp3) is 0.143. The van der Waals surface area contributed by atoms with Crippen molar-refractivity contribution in [2.24, 2.45) is 5.73 Å². The lowest BCUT2D eigenvalue weighted by atomic mass is 10.1. The van der Waals surface area contributed by atoms with Gasteiger partial charge in [-0.3, -0.25) is 20.2 Å². The van der Waals surface area contributed by atoms with Crippen molar-refractivity contribution in [3.8, 4) is 0 Å². The van der Waals surface area contributed by atoms with Gasteiger partial charge in [0.05, 0.1) is 9.85 Å². The van der Waals surface area contributed by atoms with E-state index in [-0.39, 0.29) is 21.2 Å². The number of nitro benzene ring substituents is 2. The van der Waals surface area contributed by atoms with E-state index < -0.39 is 0 Å². The van der Waals surface area contributed by atoms with E-state index in [4.69, 9.17) is 5.73 Å². The smallest absolute Gasteiger partial charge is 0.273 e. The number of para-hydroxylation sites is 2. The van der Waals surface area contributed by atoms with Gasteiger partial charge in [0.15, 0.2) is 0 Å². The van der Waals surface area contributed by atoms with Gasteiger partial charge in [0.1, 0.15) is 0 Å². The molecule has 4 rings (SSSR count). The van der Waals surface area contributed by atoms with Crippen molar-refractivity contribution in [2.75, 3.05) is 0 Å². The molecule has 0 unspecified atom stereocenters. The number of rotatable bonds is 8. The summed E-state index contributed by atoms with van der Waals surface area (Å²) in [5, 5.41) is 24.9. The minimum Gasteiger partial charge on any atom is -0.326 e. The summed E-state index contributed by atoms with van der Waals surface area (Å²) in [5.41, 5.74) is 9.45. The highest BCUT2D eigenvalue weighted by Gasteiger charge is 2.11. The SMILES string of the molecule is NCc1ccccc1.O=[N+]([O-])c1ccccc1CBr.O=[N+]([O-])c1ccccc1CNCc1ccccc1. The van der Waals surface area contributed by atoms with Gasteiger partial charge in [-0.25, -0.2) is 0 Å².